The zero-order valence-corrected chi connectivity index (χ0v) is 19.3. The number of aromatic nitrogens is 4. The second-order valence-electron chi connectivity index (χ2n) is 6.06. The van der Waals surface area contributed by atoms with Gasteiger partial charge in [-0.1, -0.05) is 51.4 Å². The van der Waals surface area contributed by atoms with Crippen LogP contribution in [-0.2, 0) is 6.18 Å². The van der Waals surface area contributed by atoms with Crippen LogP contribution in [0.1, 0.15) is 39.1 Å². The summed E-state index contributed by atoms with van der Waals surface area (Å²) in [5.74, 6) is 1.39. The van der Waals surface area contributed by atoms with Crippen molar-refractivity contribution in [3.8, 4) is 5.82 Å². The van der Waals surface area contributed by atoms with Gasteiger partial charge in [0.1, 0.15) is 16.8 Å². The van der Waals surface area contributed by atoms with Gasteiger partial charge in [0, 0.05) is 11.8 Å². The summed E-state index contributed by atoms with van der Waals surface area (Å²) in [6, 6.07) is 13.8. The second-order valence-corrected chi connectivity index (χ2v) is 6.44. The van der Waals surface area contributed by atoms with E-state index in [0.717, 1.165) is 29.0 Å². The van der Waals surface area contributed by atoms with Crippen molar-refractivity contribution in [2.75, 3.05) is 5.32 Å². The quantitative estimate of drug-likeness (QED) is 0.318. The lowest BCUT2D eigenvalue weighted by atomic mass is 10.2. The summed E-state index contributed by atoms with van der Waals surface area (Å²) in [6.45, 7) is 9.85. The van der Waals surface area contributed by atoms with Crippen LogP contribution in [0, 0.1) is 6.92 Å². The van der Waals surface area contributed by atoms with E-state index in [1.54, 1.807) is 6.07 Å². The highest BCUT2D eigenvalue weighted by Gasteiger charge is 2.29. The van der Waals surface area contributed by atoms with Gasteiger partial charge in [-0.05, 0) is 43.3 Å². The first-order valence-electron chi connectivity index (χ1n) is 10.2. The van der Waals surface area contributed by atoms with Crippen molar-refractivity contribution in [3.05, 3.63) is 71.1 Å². The number of benzene rings is 2. The molecule has 170 valence electrons. The second kappa shape index (κ2) is 10.9. The fourth-order valence-electron chi connectivity index (χ4n) is 2.88. The van der Waals surface area contributed by atoms with Crippen LogP contribution in [0.2, 0.25) is 5.15 Å². The van der Waals surface area contributed by atoms with E-state index in [1.807, 2.05) is 63.5 Å². The number of imidazole rings is 1. The minimum atomic E-state index is -4.39. The van der Waals surface area contributed by atoms with Crippen LogP contribution < -0.4 is 5.32 Å². The first-order valence-corrected chi connectivity index (χ1v) is 10.6. The molecule has 0 aliphatic carbocycles. The summed E-state index contributed by atoms with van der Waals surface area (Å²) in [7, 11) is 0. The van der Waals surface area contributed by atoms with Crippen LogP contribution in [0.25, 0.3) is 16.9 Å². The summed E-state index contributed by atoms with van der Waals surface area (Å²) < 4.78 is 39.9. The number of para-hydroxylation sites is 2. The van der Waals surface area contributed by atoms with Gasteiger partial charge in [-0.3, -0.25) is 4.57 Å². The Balaban J connectivity index is 0.000000860. The molecular weight excluding hydrogens is 439 g/mol. The number of alkyl halides is 3. The van der Waals surface area contributed by atoms with Crippen LogP contribution in [0.4, 0.5) is 24.8 Å². The van der Waals surface area contributed by atoms with E-state index in [4.69, 9.17) is 11.6 Å². The van der Waals surface area contributed by atoms with Gasteiger partial charge in [-0.25, -0.2) is 9.97 Å². The van der Waals surface area contributed by atoms with Gasteiger partial charge in [-0.2, -0.15) is 18.2 Å². The van der Waals surface area contributed by atoms with Crippen LogP contribution in [0.15, 0.2) is 54.6 Å². The lowest BCUT2D eigenvalue weighted by Gasteiger charge is -2.11. The van der Waals surface area contributed by atoms with Crippen LogP contribution in [-0.4, -0.2) is 19.5 Å². The Morgan fingerprint density at radius 1 is 0.875 bits per heavy atom. The van der Waals surface area contributed by atoms with Crippen molar-refractivity contribution in [3.63, 3.8) is 0 Å². The largest absolute Gasteiger partial charge is 0.416 e. The van der Waals surface area contributed by atoms with Crippen molar-refractivity contribution in [2.24, 2.45) is 0 Å². The van der Waals surface area contributed by atoms with E-state index in [9.17, 15) is 13.2 Å². The molecule has 0 aliphatic heterocycles. The molecule has 0 atom stereocenters. The third kappa shape index (κ3) is 5.76. The molecule has 2 aromatic carbocycles. The first kappa shape index (κ1) is 25.1. The summed E-state index contributed by atoms with van der Waals surface area (Å²) >= 11 is 6.15. The van der Waals surface area contributed by atoms with E-state index in [1.165, 1.54) is 12.1 Å². The Kier molecular flexibility index (Phi) is 8.60. The number of nitrogens with one attached hydrogen (secondary N) is 1. The highest BCUT2D eigenvalue weighted by Crippen LogP contribution is 2.30. The highest BCUT2D eigenvalue weighted by molar-refractivity contribution is 6.29. The van der Waals surface area contributed by atoms with Gasteiger partial charge in [-0.15, -0.1) is 0 Å². The van der Waals surface area contributed by atoms with Crippen molar-refractivity contribution in [1.82, 2.24) is 19.5 Å². The van der Waals surface area contributed by atoms with Crippen molar-refractivity contribution < 1.29 is 13.2 Å². The number of hydrogen-bond donors (Lipinski definition) is 1. The molecule has 32 heavy (non-hydrogen) atoms. The average molecular weight is 464 g/mol. The number of rotatable bonds is 3. The Labute approximate surface area is 190 Å². The minimum absolute atomic E-state index is 0.166. The molecule has 4 rings (SSSR count). The fraction of sp³-hybridized carbons (Fsp3) is 0.261. The van der Waals surface area contributed by atoms with E-state index in [2.05, 4.69) is 20.3 Å². The number of anilines is 2. The summed E-state index contributed by atoms with van der Waals surface area (Å²) in [5, 5.41) is 3.08. The predicted octanol–water partition coefficient (Wildman–Crippen LogP) is 7.59. The molecule has 5 nitrogen and oxygen atoms in total. The van der Waals surface area contributed by atoms with Gasteiger partial charge < -0.3 is 5.32 Å². The van der Waals surface area contributed by atoms with Gasteiger partial charge in [0.05, 0.1) is 16.6 Å². The summed E-state index contributed by atoms with van der Waals surface area (Å²) in [4.78, 5) is 13.1. The molecule has 0 aliphatic rings. The van der Waals surface area contributed by atoms with Gasteiger partial charge in [0.2, 0.25) is 5.95 Å². The molecule has 0 fully saturated rings. The topological polar surface area (TPSA) is 55.6 Å². The molecule has 2 aromatic heterocycles. The molecule has 0 radical (unpaired) electrons. The van der Waals surface area contributed by atoms with E-state index < -0.39 is 11.7 Å². The number of nitrogens with zero attached hydrogens (tertiary/aromatic N) is 4. The van der Waals surface area contributed by atoms with Gasteiger partial charge >= 0.3 is 6.18 Å². The molecule has 0 bridgehead atoms. The maximum absolute atomic E-state index is 12.7. The summed E-state index contributed by atoms with van der Waals surface area (Å²) in [6.07, 6.45) is -4.39. The zero-order chi connectivity index (χ0) is 23.9. The SMILES string of the molecule is CC.CC.Cc1nc2ccccc2n1-c1cc(Cl)nc(Nc2ccc(C(F)(F)F)cc2)n1. The van der Waals surface area contributed by atoms with Crippen molar-refractivity contribution in [1.29, 1.82) is 0 Å². The monoisotopic (exact) mass is 463 g/mol. The first-order chi connectivity index (χ1) is 15.3. The van der Waals surface area contributed by atoms with Crippen molar-refractivity contribution >= 4 is 34.3 Å². The van der Waals surface area contributed by atoms with E-state index >= 15 is 0 Å². The molecule has 0 saturated heterocycles. The molecule has 9 heteroatoms. The number of fused-ring (bicyclic) bond motifs is 1. The fourth-order valence-corrected chi connectivity index (χ4v) is 3.06. The molecular formula is C23H25ClF3N5. The Morgan fingerprint density at radius 3 is 2.12 bits per heavy atom. The standard InChI is InChI=1S/C19H13ClF3N5.2C2H6/c1-11-24-14-4-2-3-5-15(14)28(11)17-10-16(20)26-18(27-17)25-13-8-6-12(7-9-13)19(21,22)23;2*1-2/h2-10H,1H3,(H,25,26,27);2*1-2H3. The van der Waals surface area contributed by atoms with Crippen LogP contribution >= 0.6 is 11.6 Å². The smallest absolute Gasteiger partial charge is 0.324 e. The molecule has 0 amide bonds. The molecule has 0 spiro atoms. The summed E-state index contributed by atoms with van der Waals surface area (Å²) in [5.41, 5.74) is 1.35. The Hall–Kier alpha value is -3.13. The van der Waals surface area contributed by atoms with E-state index in [-0.39, 0.29) is 11.1 Å². The van der Waals surface area contributed by atoms with Crippen LogP contribution in [0.3, 0.4) is 0 Å². The number of hydrogen-bond acceptors (Lipinski definition) is 4. The lowest BCUT2D eigenvalue weighted by molar-refractivity contribution is -0.137. The molecule has 0 unspecified atom stereocenters. The zero-order valence-electron chi connectivity index (χ0n) is 18.5. The van der Waals surface area contributed by atoms with Crippen LogP contribution in [0.5, 0.6) is 0 Å². The molecule has 1 N–H and O–H groups in total. The normalized spacial score (nSPS) is 10.7. The number of halogens is 4. The maximum atomic E-state index is 12.7. The highest BCUT2D eigenvalue weighted by atomic mass is 35.5. The molecule has 2 heterocycles. The van der Waals surface area contributed by atoms with Crippen molar-refractivity contribution in [2.45, 2.75) is 40.8 Å². The molecule has 4 aromatic rings. The predicted molar refractivity (Wildman–Crippen MR) is 124 cm³/mol. The third-order valence-corrected chi connectivity index (χ3v) is 4.30. The Morgan fingerprint density at radius 2 is 1.50 bits per heavy atom. The van der Waals surface area contributed by atoms with Gasteiger partial charge in [0.25, 0.3) is 0 Å². The minimum Gasteiger partial charge on any atom is -0.324 e. The average Bonchev–Trinajstić information content (AvgIpc) is 3.11. The molecule has 0 saturated carbocycles. The van der Waals surface area contributed by atoms with Gasteiger partial charge in [0.15, 0.2) is 0 Å². The van der Waals surface area contributed by atoms with E-state index in [0.29, 0.717) is 11.5 Å². The number of aryl methyl sites for hydroxylation is 1. The third-order valence-electron chi connectivity index (χ3n) is 4.11. The maximum Gasteiger partial charge on any atom is 0.416 e. The lowest BCUT2D eigenvalue weighted by Crippen LogP contribution is -2.06. The Bertz CT molecular complexity index is 1150.